The van der Waals surface area contributed by atoms with Crippen LogP contribution in [-0.2, 0) is 12.3 Å². The molecule has 0 saturated carbocycles. The van der Waals surface area contributed by atoms with E-state index in [9.17, 15) is 0 Å². The second-order valence-electron chi connectivity index (χ2n) is 7.15. The van der Waals surface area contributed by atoms with Crippen molar-refractivity contribution in [3.63, 3.8) is 0 Å². The van der Waals surface area contributed by atoms with E-state index in [1.54, 1.807) is 19.5 Å². The van der Waals surface area contributed by atoms with Gasteiger partial charge in [0.2, 0.25) is 11.7 Å². The number of nitrogens with zero attached hydrogens (tertiary/aromatic N) is 6. The molecule has 0 aliphatic rings. The smallest absolute Gasteiger partial charge is 0.237 e. The van der Waals surface area contributed by atoms with Gasteiger partial charge in [-0.1, -0.05) is 59.4 Å². The molecule has 0 N–H and O–H groups in total. The van der Waals surface area contributed by atoms with Gasteiger partial charge in [0.1, 0.15) is 5.75 Å². The maximum absolute atomic E-state index is 5.48. The molecule has 0 amide bonds. The molecule has 0 radical (unpaired) electrons. The average Bonchev–Trinajstić information content (AvgIpc) is 3.51. The number of pyridine rings is 1. The molecule has 0 aliphatic heterocycles. The minimum Gasteiger partial charge on any atom is -0.497 e. The monoisotopic (exact) mass is 456 g/mol. The van der Waals surface area contributed by atoms with Crippen molar-refractivity contribution in [3.05, 3.63) is 90.6 Å². The van der Waals surface area contributed by atoms with E-state index in [2.05, 4.69) is 42.0 Å². The van der Waals surface area contributed by atoms with Crippen LogP contribution in [0.1, 0.15) is 11.5 Å². The summed E-state index contributed by atoms with van der Waals surface area (Å²) in [6.07, 6.45) is 3.50. The molecule has 0 atom stereocenters. The molecule has 164 valence electrons. The lowest BCUT2D eigenvalue weighted by molar-refractivity contribution is 0.391. The Labute approximate surface area is 194 Å². The van der Waals surface area contributed by atoms with Crippen molar-refractivity contribution >= 4 is 11.8 Å². The SMILES string of the molecule is COc1cccc(-c2noc(CSc3nnc(-c4ccncc4)n3Cc3ccccc3)n2)c1. The molecule has 0 unspecified atom stereocenters. The number of hydrogen-bond acceptors (Lipinski definition) is 8. The lowest BCUT2D eigenvalue weighted by Crippen LogP contribution is -2.04. The number of rotatable bonds is 8. The van der Waals surface area contributed by atoms with Gasteiger partial charge in [-0.05, 0) is 29.8 Å². The Kier molecular flexibility index (Phi) is 6.12. The Hall–Kier alpha value is -3.98. The Morgan fingerprint density at radius 3 is 2.61 bits per heavy atom. The molecule has 0 spiro atoms. The van der Waals surface area contributed by atoms with Crippen LogP contribution < -0.4 is 4.74 Å². The summed E-state index contributed by atoms with van der Waals surface area (Å²) in [6, 6.07) is 21.6. The van der Waals surface area contributed by atoms with Crippen molar-refractivity contribution in [3.8, 4) is 28.5 Å². The van der Waals surface area contributed by atoms with Gasteiger partial charge < -0.3 is 9.26 Å². The Bertz CT molecular complexity index is 1340. The van der Waals surface area contributed by atoms with Crippen LogP contribution in [0.25, 0.3) is 22.8 Å². The standard InChI is InChI=1S/C24H20N6O2S/c1-31-20-9-5-8-19(14-20)22-26-21(32-29-22)16-33-24-28-27-23(18-10-12-25-13-11-18)30(24)15-17-6-3-2-4-7-17/h2-14H,15-16H2,1H3. The maximum Gasteiger partial charge on any atom is 0.237 e. The molecule has 0 aliphatic carbocycles. The molecule has 5 aromatic rings. The predicted molar refractivity (Wildman–Crippen MR) is 125 cm³/mol. The zero-order chi connectivity index (χ0) is 22.5. The molecule has 2 aromatic carbocycles. The fraction of sp³-hybridized carbons (Fsp3) is 0.125. The summed E-state index contributed by atoms with van der Waals surface area (Å²) >= 11 is 1.50. The van der Waals surface area contributed by atoms with Gasteiger partial charge in [-0.2, -0.15) is 4.98 Å². The summed E-state index contributed by atoms with van der Waals surface area (Å²) in [5, 5.41) is 13.8. The highest BCUT2D eigenvalue weighted by Crippen LogP contribution is 2.28. The second kappa shape index (κ2) is 9.66. The van der Waals surface area contributed by atoms with Crippen molar-refractivity contribution in [2.75, 3.05) is 7.11 Å². The molecule has 3 heterocycles. The highest BCUT2D eigenvalue weighted by atomic mass is 32.2. The van der Waals surface area contributed by atoms with Crippen LogP contribution in [0.4, 0.5) is 0 Å². The first-order chi connectivity index (χ1) is 16.3. The van der Waals surface area contributed by atoms with E-state index in [4.69, 9.17) is 9.26 Å². The summed E-state index contributed by atoms with van der Waals surface area (Å²) in [6.45, 7) is 0.646. The number of methoxy groups -OCH3 is 1. The molecule has 0 saturated heterocycles. The average molecular weight is 457 g/mol. The number of aromatic nitrogens is 6. The van der Waals surface area contributed by atoms with Crippen molar-refractivity contribution in [1.82, 2.24) is 29.9 Å². The third kappa shape index (κ3) is 4.78. The van der Waals surface area contributed by atoms with E-state index in [1.807, 2.05) is 54.6 Å². The van der Waals surface area contributed by atoms with Crippen molar-refractivity contribution in [2.24, 2.45) is 0 Å². The Balaban J connectivity index is 1.38. The van der Waals surface area contributed by atoms with Gasteiger partial charge in [0, 0.05) is 23.5 Å². The van der Waals surface area contributed by atoms with Gasteiger partial charge in [-0.3, -0.25) is 9.55 Å². The van der Waals surface area contributed by atoms with Gasteiger partial charge in [-0.15, -0.1) is 10.2 Å². The van der Waals surface area contributed by atoms with Gasteiger partial charge >= 0.3 is 0 Å². The maximum atomic E-state index is 5.48. The fourth-order valence-corrected chi connectivity index (χ4v) is 4.11. The lowest BCUT2D eigenvalue weighted by atomic mass is 10.2. The number of hydrogen-bond donors (Lipinski definition) is 0. The van der Waals surface area contributed by atoms with E-state index in [-0.39, 0.29) is 0 Å². The second-order valence-corrected chi connectivity index (χ2v) is 8.09. The van der Waals surface area contributed by atoms with E-state index < -0.39 is 0 Å². The van der Waals surface area contributed by atoms with Crippen LogP contribution in [-0.4, -0.2) is 37.0 Å². The lowest BCUT2D eigenvalue weighted by Gasteiger charge is -2.10. The first-order valence-corrected chi connectivity index (χ1v) is 11.3. The van der Waals surface area contributed by atoms with E-state index in [0.717, 1.165) is 33.4 Å². The molecule has 9 heteroatoms. The van der Waals surface area contributed by atoms with Crippen LogP contribution in [0, 0.1) is 0 Å². The highest BCUT2D eigenvalue weighted by Gasteiger charge is 2.17. The topological polar surface area (TPSA) is 91.8 Å². The Morgan fingerprint density at radius 2 is 1.79 bits per heavy atom. The van der Waals surface area contributed by atoms with E-state index in [0.29, 0.717) is 24.0 Å². The summed E-state index contributed by atoms with van der Waals surface area (Å²) in [5.74, 6) is 3.03. The van der Waals surface area contributed by atoms with Crippen molar-refractivity contribution in [2.45, 2.75) is 17.5 Å². The fourth-order valence-electron chi connectivity index (χ4n) is 3.34. The van der Waals surface area contributed by atoms with Crippen molar-refractivity contribution in [1.29, 1.82) is 0 Å². The predicted octanol–water partition coefficient (Wildman–Crippen LogP) is 4.74. The third-order valence-corrected chi connectivity index (χ3v) is 5.91. The van der Waals surface area contributed by atoms with Gasteiger partial charge in [0.05, 0.1) is 19.4 Å². The van der Waals surface area contributed by atoms with E-state index in [1.165, 1.54) is 11.8 Å². The molecule has 0 bridgehead atoms. The molecule has 0 fully saturated rings. The third-order valence-electron chi connectivity index (χ3n) is 4.96. The van der Waals surface area contributed by atoms with Gasteiger partial charge in [0.25, 0.3) is 0 Å². The van der Waals surface area contributed by atoms with Crippen molar-refractivity contribution < 1.29 is 9.26 Å². The number of benzene rings is 2. The molecule has 5 rings (SSSR count). The molecule has 8 nitrogen and oxygen atoms in total. The largest absolute Gasteiger partial charge is 0.497 e. The number of ether oxygens (including phenoxy) is 1. The summed E-state index contributed by atoms with van der Waals surface area (Å²) in [4.78, 5) is 8.64. The quantitative estimate of drug-likeness (QED) is 0.309. The molecular formula is C24H20N6O2S. The molecule has 33 heavy (non-hydrogen) atoms. The first kappa shape index (κ1) is 20.9. The minimum atomic E-state index is 0.472. The van der Waals surface area contributed by atoms with Gasteiger partial charge in [-0.25, -0.2) is 0 Å². The summed E-state index contributed by atoms with van der Waals surface area (Å²) < 4.78 is 12.8. The van der Waals surface area contributed by atoms with Crippen LogP contribution in [0.2, 0.25) is 0 Å². The minimum absolute atomic E-state index is 0.472. The van der Waals surface area contributed by atoms with Crippen LogP contribution >= 0.6 is 11.8 Å². The van der Waals surface area contributed by atoms with Gasteiger partial charge in [0.15, 0.2) is 11.0 Å². The number of thioether (sulfide) groups is 1. The normalized spacial score (nSPS) is 10.9. The zero-order valence-corrected chi connectivity index (χ0v) is 18.6. The van der Waals surface area contributed by atoms with E-state index >= 15 is 0 Å². The molecular weight excluding hydrogens is 436 g/mol. The summed E-state index contributed by atoms with van der Waals surface area (Å²) in [7, 11) is 1.63. The highest BCUT2D eigenvalue weighted by molar-refractivity contribution is 7.98. The first-order valence-electron chi connectivity index (χ1n) is 10.3. The molecule has 3 aromatic heterocycles. The van der Waals surface area contributed by atoms with Crippen LogP contribution in [0.15, 0.2) is 88.8 Å². The van der Waals surface area contributed by atoms with Crippen LogP contribution in [0.5, 0.6) is 5.75 Å². The zero-order valence-electron chi connectivity index (χ0n) is 17.8. The Morgan fingerprint density at radius 1 is 0.939 bits per heavy atom. The summed E-state index contributed by atoms with van der Waals surface area (Å²) in [5.41, 5.74) is 2.95. The van der Waals surface area contributed by atoms with Crippen LogP contribution in [0.3, 0.4) is 0 Å².